The third kappa shape index (κ3) is 7.38. The highest BCUT2D eigenvalue weighted by Crippen LogP contribution is 2.14. The Balaban J connectivity index is 0.00000392. The van der Waals surface area contributed by atoms with Gasteiger partial charge in [-0.2, -0.15) is 0 Å². The molecule has 0 radical (unpaired) electrons. The van der Waals surface area contributed by atoms with Gasteiger partial charge in [0.1, 0.15) is 0 Å². The minimum absolute atomic E-state index is 0. The SMILES string of the molecule is COCCNS(=O)(=O)c1ccc(CN=C(N)Nc2ccc(C)c(C)c2)cc1.I. The first kappa shape index (κ1) is 24.3. The number of nitrogens with zero attached hydrogens (tertiary/aromatic N) is 1. The molecule has 0 saturated carbocycles. The summed E-state index contributed by atoms with van der Waals surface area (Å²) in [6.07, 6.45) is 0. The van der Waals surface area contributed by atoms with Crippen molar-refractivity contribution in [3.8, 4) is 0 Å². The number of nitrogens with one attached hydrogen (secondary N) is 2. The molecule has 28 heavy (non-hydrogen) atoms. The van der Waals surface area contributed by atoms with Crippen molar-refractivity contribution in [1.82, 2.24) is 4.72 Å². The lowest BCUT2D eigenvalue weighted by atomic mass is 10.1. The molecule has 154 valence electrons. The number of anilines is 1. The van der Waals surface area contributed by atoms with E-state index in [-0.39, 0.29) is 35.4 Å². The lowest BCUT2D eigenvalue weighted by Gasteiger charge is -2.09. The zero-order valence-corrected chi connectivity index (χ0v) is 19.4. The summed E-state index contributed by atoms with van der Waals surface area (Å²) in [6, 6.07) is 12.5. The number of nitrogens with two attached hydrogens (primary N) is 1. The van der Waals surface area contributed by atoms with E-state index in [2.05, 4.69) is 15.0 Å². The molecule has 0 saturated heterocycles. The average Bonchev–Trinajstić information content (AvgIpc) is 2.63. The van der Waals surface area contributed by atoms with E-state index in [1.807, 2.05) is 32.0 Å². The molecular weight excluding hydrogens is 491 g/mol. The van der Waals surface area contributed by atoms with Crippen molar-refractivity contribution >= 4 is 45.6 Å². The van der Waals surface area contributed by atoms with Crippen molar-refractivity contribution in [3.63, 3.8) is 0 Å². The van der Waals surface area contributed by atoms with Crippen LogP contribution in [0.15, 0.2) is 52.4 Å². The molecule has 0 fully saturated rings. The van der Waals surface area contributed by atoms with Gasteiger partial charge in [-0.1, -0.05) is 18.2 Å². The van der Waals surface area contributed by atoms with Crippen molar-refractivity contribution in [2.75, 3.05) is 25.6 Å². The highest BCUT2D eigenvalue weighted by atomic mass is 127. The first-order chi connectivity index (χ1) is 12.8. The van der Waals surface area contributed by atoms with Crippen LogP contribution in [0.1, 0.15) is 16.7 Å². The Morgan fingerprint density at radius 2 is 1.79 bits per heavy atom. The Bertz CT molecular complexity index is 900. The summed E-state index contributed by atoms with van der Waals surface area (Å²) in [7, 11) is -2.01. The number of rotatable bonds is 8. The number of hydrogen-bond acceptors (Lipinski definition) is 4. The van der Waals surface area contributed by atoms with Crippen LogP contribution in [0, 0.1) is 13.8 Å². The molecule has 0 aliphatic heterocycles. The number of sulfonamides is 1. The van der Waals surface area contributed by atoms with Crippen LogP contribution in [-0.4, -0.2) is 34.6 Å². The maximum atomic E-state index is 12.1. The number of aliphatic imine (C=N–C) groups is 1. The van der Waals surface area contributed by atoms with Crippen LogP contribution in [0.4, 0.5) is 5.69 Å². The van der Waals surface area contributed by atoms with Crippen molar-refractivity contribution < 1.29 is 13.2 Å². The zero-order valence-electron chi connectivity index (χ0n) is 16.2. The van der Waals surface area contributed by atoms with Crippen LogP contribution in [-0.2, 0) is 21.3 Å². The molecule has 2 aromatic rings. The Labute approximate surface area is 183 Å². The van der Waals surface area contributed by atoms with Gasteiger partial charge in [-0.25, -0.2) is 18.1 Å². The minimum Gasteiger partial charge on any atom is -0.383 e. The van der Waals surface area contributed by atoms with Crippen molar-refractivity contribution in [2.45, 2.75) is 25.3 Å². The summed E-state index contributed by atoms with van der Waals surface area (Å²) in [5, 5.41) is 3.05. The van der Waals surface area contributed by atoms with Gasteiger partial charge in [-0.05, 0) is 54.8 Å². The molecule has 2 aromatic carbocycles. The molecule has 7 nitrogen and oxygen atoms in total. The fourth-order valence-electron chi connectivity index (χ4n) is 2.32. The maximum absolute atomic E-state index is 12.1. The lowest BCUT2D eigenvalue weighted by molar-refractivity contribution is 0.204. The van der Waals surface area contributed by atoms with E-state index in [9.17, 15) is 8.42 Å². The number of ether oxygens (including phenoxy) is 1. The summed E-state index contributed by atoms with van der Waals surface area (Å²) in [4.78, 5) is 4.50. The Kier molecular flexibility index (Phi) is 9.87. The van der Waals surface area contributed by atoms with Gasteiger partial charge < -0.3 is 15.8 Å². The standard InChI is InChI=1S/C19H26N4O3S.HI/c1-14-4-7-17(12-15(14)2)23-19(20)21-13-16-5-8-18(9-6-16)27(24,25)22-10-11-26-3;/h4-9,12,22H,10-11,13H2,1-3H3,(H3,20,21,23);1H. The summed E-state index contributed by atoms with van der Waals surface area (Å²) in [6.45, 7) is 4.98. The Morgan fingerprint density at radius 1 is 1.11 bits per heavy atom. The first-order valence-electron chi connectivity index (χ1n) is 8.53. The molecule has 0 aliphatic carbocycles. The number of guanidine groups is 1. The molecule has 0 amide bonds. The predicted molar refractivity (Wildman–Crippen MR) is 124 cm³/mol. The summed E-state index contributed by atoms with van der Waals surface area (Å²) >= 11 is 0. The normalized spacial score (nSPS) is 11.8. The Morgan fingerprint density at radius 3 is 2.39 bits per heavy atom. The average molecular weight is 518 g/mol. The van der Waals surface area contributed by atoms with E-state index in [0.717, 1.165) is 11.3 Å². The monoisotopic (exact) mass is 518 g/mol. The van der Waals surface area contributed by atoms with Crippen LogP contribution in [0.25, 0.3) is 0 Å². The highest BCUT2D eigenvalue weighted by Gasteiger charge is 2.12. The molecule has 0 bridgehead atoms. The van der Waals surface area contributed by atoms with Gasteiger partial charge in [0.15, 0.2) is 5.96 Å². The molecule has 0 spiro atoms. The molecule has 0 aromatic heterocycles. The second-order valence-corrected chi connectivity index (χ2v) is 7.93. The molecule has 0 aliphatic rings. The second-order valence-electron chi connectivity index (χ2n) is 6.16. The molecule has 9 heteroatoms. The van der Waals surface area contributed by atoms with Crippen molar-refractivity contribution in [2.24, 2.45) is 10.7 Å². The van der Waals surface area contributed by atoms with Gasteiger partial charge in [-0.15, -0.1) is 24.0 Å². The second kappa shape index (κ2) is 11.3. The first-order valence-corrected chi connectivity index (χ1v) is 10.0. The van der Waals surface area contributed by atoms with Crippen LogP contribution in [0.3, 0.4) is 0 Å². The quantitative estimate of drug-likeness (QED) is 0.216. The fraction of sp³-hybridized carbons (Fsp3) is 0.316. The Hall–Kier alpha value is -1.69. The van der Waals surface area contributed by atoms with E-state index >= 15 is 0 Å². The third-order valence-corrected chi connectivity index (χ3v) is 5.52. The molecule has 0 atom stereocenters. The van der Waals surface area contributed by atoms with Crippen LogP contribution < -0.4 is 15.8 Å². The number of hydrogen-bond donors (Lipinski definition) is 3. The van der Waals surface area contributed by atoms with E-state index in [1.54, 1.807) is 24.3 Å². The summed E-state index contributed by atoms with van der Waals surface area (Å²) in [5.74, 6) is 0.302. The minimum atomic E-state index is -3.53. The molecule has 4 N–H and O–H groups in total. The predicted octanol–water partition coefficient (Wildman–Crippen LogP) is 2.77. The summed E-state index contributed by atoms with van der Waals surface area (Å²) < 4.78 is 31.5. The fourth-order valence-corrected chi connectivity index (χ4v) is 3.33. The van der Waals surface area contributed by atoms with E-state index in [0.29, 0.717) is 19.1 Å². The highest BCUT2D eigenvalue weighted by molar-refractivity contribution is 14.0. The number of aryl methyl sites for hydroxylation is 2. The number of benzene rings is 2. The van der Waals surface area contributed by atoms with Crippen LogP contribution >= 0.6 is 24.0 Å². The molecule has 2 rings (SSSR count). The van der Waals surface area contributed by atoms with E-state index < -0.39 is 10.0 Å². The zero-order chi connectivity index (χ0) is 19.9. The van der Waals surface area contributed by atoms with Gasteiger partial charge in [-0.3, -0.25) is 0 Å². The maximum Gasteiger partial charge on any atom is 0.240 e. The van der Waals surface area contributed by atoms with Crippen molar-refractivity contribution in [1.29, 1.82) is 0 Å². The smallest absolute Gasteiger partial charge is 0.240 e. The van der Waals surface area contributed by atoms with Gasteiger partial charge in [0.25, 0.3) is 0 Å². The van der Waals surface area contributed by atoms with Gasteiger partial charge in [0.05, 0.1) is 18.0 Å². The largest absolute Gasteiger partial charge is 0.383 e. The van der Waals surface area contributed by atoms with E-state index in [4.69, 9.17) is 10.5 Å². The van der Waals surface area contributed by atoms with Gasteiger partial charge in [0, 0.05) is 19.3 Å². The topological polar surface area (TPSA) is 106 Å². The number of methoxy groups -OCH3 is 1. The lowest BCUT2D eigenvalue weighted by Crippen LogP contribution is -2.27. The summed E-state index contributed by atoms with van der Waals surface area (Å²) in [5.41, 5.74) is 10.0. The molecular formula is C19H27IN4O3S. The molecule has 0 unspecified atom stereocenters. The van der Waals surface area contributed by atoms with Crippen LogP contribution in [0.2, 0.25) is 0 Å². The van der Waals surface area contributed by atoms with Gasteiger partial charge in [0.2, 0.25) is 10.0 Å². The van der Waals surface area contributed by atoms with Crippen molar-refractivity contribution in [3.05, 3.63) is 59.2 Å². The number of halogens is 1. The third-order valence-electron chi connectivity index (χ3n) is 4.04. The molecule has 0 heterocycles. The van der Waals surface area contributed by atoms with Gasteiger partial charge >= 0.3 is 0 Å². The van der Waals surface area contributed by atoms with E-state index in [1.165, 1.54) is 18.2 Å². The van der Waals surface area contributed by atoms with Crippen LogP contribution in [0.5, 0.6) is 0 Å².